The second-order valence-corrected chi connectivity index (χ2v) is 2.33. The molecule has 0 spiro atoms. The number of ether oxygens (including phenoxy) is 3. The van der Waals surface area contributed by atoms with Crippen molar-refractivity contribution in [1.29, 1.82) is 0 Å². The van der Waals surface area contributed by atoms with Gasteiger partial charge in [0.1, 0.15) is 6.61 Å². The molecule has 0 saturated heterocycles. The second kappa shape index (κ2) is 5.06. The molecule has 76 valence electrons. The first kappa shape index (κ1) is 10.3. The summed E-state index contributed by atoms with van der Waals surface area (Å²) in [6.07, 6.45) is 1.61. The maximum atomic E-state index is 5.14. The lowest BCUT2D eigenvalue weighted by atomic mass is 10.6. The lowest BCUT2D eigenvalue weighted by Gasteiger charge is -2.05. The zero-order valence-corrected chi connectivity index (χ0v) is 8.19. The molecule has 1 heterocycles. The molecule has 0 radical (unpaired) electrons. The van der Waals surface area contributed by atoms with Gasteiger partial charge in [0.2, 0.25) is 11.8 Å². The topological polar surface area (TPSA) is 53.5 Å². The van der Waals surface area contributed by atoms with Crippen molar-refractivity contribution >= 4 is 0 Å². The minimum Gasteiger partial charge on any atom is -0.481 e. The van der Waals surface area contributed by atoms with Gasteiger partial charge in [-0.25, -0.2) is 0 Å². The molecule has 0 saturated carbocycles. The highest BCUT2D eigenvalue weighted by atomic mass is 16.5. The molecular formula is C9H12N2O3. The van der Waals surface area contributed by atoms with Crippen LogP contribution in [0, 0.1) is 0 Å². The van der Waals surface area contributed by atoms with Crippen molar-refractivity contribution in [3.8, 4) is 17.8 Å². The molecular weight excluding hydrogens is 184 g/mol. The Morgan fingerprint density at radius 1 is 1.29 bits per heavy atom. The van der Waals surface area contributed by atoms with Crippen LogP contribution in [0.15, 0.2) is 18.7 Å². The number of aromatic nitrogens is 2. The maximum Gasteiger partial charge on any atom is 0.323 e. The molecule has 1 aromatic rings. The Hall–Kier alpha value is -1.78. The summed E-state index contributed by atoms with van der Waals surface area (Å²) in [5, 5.41) is 0. The Morgan fingerprint density at radius 2 is 1.86 bits per heavy atom. The Bertz CT molecular complexity index is 293. The van der Waals surface area contributed by atoms with E-state index >= 15 is 0 Å². The monoisotopic (exact) mass is 196 g/mol. The molecule has 14 heavy (non-hydrogen) atoms. The first-order valence-electron chi connectivity index (χ1n) is 4.01. The number of hydrogen-bond acceptors (Lipinski definition) is 5. The average Bonchev–Trinajstić information content (AvgIpc) is 2.25. The lowest BCUT2D eigenvalue weighted by Crippen LogP contribution is -2.01. The first-order valence-corrected chi connectivity index (χ1v) is 4.01. The first-order chi connectivity index (χ1) is 6.80. The third-order valence-electron chi connectivity index (χ3n) is 1.41. The Labute approximate surface area is 82.3 Å². The van der Waals surface area contributed by atoms with Crippen LogP contribution in [0.4, 0.5) is 0 Å². The molecule has 1 rings (SSSR count). The standard InChI is InChI=1S/C9H12N2O3/c1-4-5-14-9-10-7(12-2)6-8(11-9)13-3/h4,6H,1,5H2,2-3H3. The minimum atomic E-state index is 0.209. The van der Waals surface area contributed by atoms with E-state index in [9.17, 15) is 0 Å². The summed E-state index contributed by atoms with van der Waals surface area (Å²) in [5.74, 6) is 0.798. The molecule has 0 aliphatic heterocycles. The molecule has 0 aromatic carbocycles. The Kier molecular flexibility index (Phi) is 3.72. The lowest BCUT2D eigenvalue weighted by molar-refractivity contribution is 0.305. The molecule has 0 fully saturated rings. The molecule has 5 heteroatoms. The van der Waals surface area contributed by atoms with Crippen LogP contribution in [0.1, 0.15) is 0 Å². The number of rotatable bonds is 5. The number of methoxy groups -OCH3 is 2. The highest BCUT2D eigenvalue weighted by Crippen LogP contribution is 2.18. The third-order valence-corrected chi connectivity index (χ3v) is 1.41. The molecule has 1 aromatic heterocycles. The van der Waals surface area contributed by atoms with Gasteiger partial charge in [-0.05, 0) is 0 Å². The van der Waals surface area contributed by atoms with E-state index in [4.69, 9.17) is 14.2 Å². The van der Waals surface area contributed by atoms with Crippen molar-refractivity contribution in [2.75, 3.05) is 20.8 Å². The Morgan fingerprint density at radius 3 is 2.29 bits per heavy atom. The molecule has 0 atom stereocenters. The van der Waals surface area contributed by atoms with Crippen LogP contribution < -0.4 is 14.2 Å². The summed E-state index contributed by atoms with van der Waals surface area (Å²) in [4.78, 5) is 7.91. The summed E-state index contributed by atoms with van der Waals surface area (Å²) >= 11 is 0. The highest BCUT2D eigenvalue weighted by Gasteiger charge is 2.05. The van der Waals surface area contributed by atoms with Gasteiger partial charge in [-0.1, -0.05) is 12.7 Å². The quantitative estimate of drug-likeness (QED) is 0.659. The third kappa shape index (κ3) is 2.62. The fourth-order valence-corrected chi connectivity index (χ4v) is 0.791. The fraction of sp³-hybridized carbons (Fsp3) is 0.333. The summed E-state index contributed by atoms with van der Waals surface area (Å²) < 4.78 is 15.0. The Balaban J connectivity index is 2.86. The van der Waals surface area contributed by atoms with Gasteiger partial charge in [0.05, 0.1) is 20.3 Å². The predicted molar refractivity (Wildman–Crippen MR) is 50.8 cm³/mol. The normalized spacial score (nSPS) is 9.29. The van der Waals surface area contributed by atoms with Crippen molar-refractivity contribution in [2.24, 2.45) is 0 Å². The van der Waals surface area contributed by atoms with E-state index in [2.05, 4.69) is 16.5 Å². The molecule has 0 aliphatic rings. The predicted octanol–water partition coefficient (Wildman–Crippen LogP) is 1.06. The van der Waals surface area contributed by atoms with Gasteiger partial charge < -0.3 is 14.2 Å². The van der Waals surface area contributed by atoms with Crippen LogP contribution in [0.25, 0.3) is 0 Å². The number of hydrogen-bond donors (Lipinski definition) is 0. The van der Waals surface area contributed by atoms with Crippen LogP contribution in [-0.2, 0) is 0 Å². The molecule has 0 unspecified atom stereocenters. The van der Waals surface area contributed by atoms with Gasteiger partial charge in [-0.3, -0.25) is 0 Å². The smallest absolute Gasteiger partial charge is 0.323 e. The van der Waals surface area contributed by atoms with Gasteiger partial charge in [-0.15, -0.1) is 0 Å². The summed E-state index contributed by atoms with van der Waals surface area (Å²) in [7, 11) is 3.03. The fourth-order valence-electron chi connectivity index (χ4n) is 0.791. The van der Waals surface area contributed by atoms with Crippen LogP contribution in [-0.4, -0.2) is 30.8 Å². The minimum absolute atomic E-state index is 0.209. The SMILES string of the molecule is C=CCOc1nc(OC)cc(OC)n1. The van der Waals surface area contributed by atoms with E-state index in [1.54, 1.807) is 12.1 Å². The van der Waals surface area contributed by atoms with Crippen LogP contribution in [0.2, 0.25) is 0 Å². The van der Waals surface area contributed by atoms with Crippen molar-refractivity contribution in [3.63, 3.8) is 0 Å². The van der Waals surface area contributed by atoms with E-state index in [1.165, 1.54) is 14.2 Å². The van der Waals surface area contributed by atoms with Gasteiger partial charge in [-0.2, -0.15) is 9.97 Å². The second-order valence-electron chi connectivity index (χ2n) is 2.33. The summed E-state index contributed by atoms with van der Waals surface area (Å²) in [6, 6.07) is 1.78. The maximum absolute atomic E-state index is 5.14. The molecule has 0 aliphatic carbocycles. The van der Waals surface area contributed by atoms with Crippen LogP contribution >= 0.6 is 0 Å². The molecule has 0 bridgehead atoms. The average molecular weight is 196 g/mol. The number of nitrogens with zero attached hydrogens (tertiary/aromatic N) is 2. The van der Waals surface area contributed by atoms with Crippen LogP contribution in [0.3, 0.4) is 0 Å². The van der Waals surface area contributed by atoms with E-state index in [-0.39, 0.29) is 6.01 Å². The summed E-state index contributed by atoms with van der Waals surface area (Å²) in [5.41, 5.74) is 0. The molecule has 0 amide bonds. The van der Waals surface area contributed by atoms with Crippen molar-refractivity contribution in [1.82, 2.24) is 9.97 Å². The van der Waals surface area contributed by atoms with Crippen LogP contribution in [0.5, 0.6) is 17.8 Å². The van der Waals surface area contributed by atoms with E-state index in [0.717, 1.165) is 0 Å². The van der Waals surface area contributed by atoms with Gasteiger partial charge in [0, 0.05) is 0 Å². The zero-order valence-electron chi connectivity index (χ0n) is 8.19. The summed E-state index contributed by atoms with van der Waals surface area (Å²) in [6.45, 7) is 3.86. The van der Waals surface area contributed by atoms with Gasteiger partial charge in [0.15, 0.2) is 0 Å². The molecule has 0 N–H and O–H groups in total. The van der Waals surface area contributed by atoms with E-state index < -0.39 is 0 Å². The zero-order chi connectivity index (χ0) is 10.4. The van der Waals surface area contributed by atoms with Gasteiger partial charge >= 0.3 is 6.01 Å². The van der Waals surface area contributed by atoms with E-state index in [1.807, 2.05) is 0 Å². The highest BCUT2D eigenvalue weighted by molar-refractivity contribution is 5.22. The van der Waals surface area contributed by atoms with Crippen molar-refractivity contribution < 1.29 is 14.2 Å². The van der Waals surface area contributed by atoms with Gasteiger partial charge in [0.25, 0.3) is 0 Å². The van der Waals surface area contributed by atoms with E-state index in [0.29, 0.717) is 18.4 Å². The largest absolute Gasteiger partial charge is 0.481 e. The van der Waals surface area contributed by atoms with Crippen molar-refractivity contribution in [3.05, 3.63) is 18.7 Å². The van der Waals surface area contributed by atoms with Crippen molar-refractivity contribution in [2.45, 2.75) is 0 Å². The molecule has 5 nitrogen and oxygen atoms in total.